The summed E-state index contributed by atoms with van der Waals surface area (Å²) in [6.45, 7) is 11.3. The summed E-state index contributed by atoms with van der Waals surface area (Å²) in [7, 11) is 0. The van der Waals surface area contributed by atoms with Gasteiger partial charge in [0.05, 0.1) is 0 Å². The van der Waals surface area contributed by atoms with Crippen LogP contribution in [0.5, 0.6) is 0 Å². The lowest BCUT2D eigenvalue weighted by Crippen LogP contribution is -2.54. The number of carbonyl (C=O) groups excluding carboxylic acids is 2. The number of unbranched alkanes of at least 4 members (excludes halogenated alkanes) is 1. The lowest BCUT2D eigenvalue weighted by Gasteiger charge is -2.41. The molecule has 158 valence electrons. The van der Waals surface area contributed by atoms with Crippen molar-refractivity contribution < 1.29 is 9.59 Å². The molecule has 2 atom stereocenters. The SMILES string of the molecule is CC1(C)[C@H]2CC[C@H]1C(=O)N(CCCCN1CCN(Cc3ccccc3)CC1)C2=O. The third-order valence-corrected chi connectivity index (χ3v) is 7.49. The van der Waals surface area contributed by atoms with Crippen molar-refractivity contribution in [2.45, 2.75) is 46.1 Å². The van der Waals surface area contributed by atoms with E-state index in [1.165, 1.54) is 5.56 Å². The van der Waals surface area contributed by atoms with Crippen LogP contribution in [0.15, 0.2) is 30.3 Å². The Kier molecular flexibility index (Phi) is 6.07. The van der Waals surface area contributed by atoms with Gasteiger partial charge >= 0.3 is 0 Å². The zero-order valence-corrected chi connectivity index (χ0v) is 18.0. The first-order valence-electron chi connectivity index (χ1n) is 11.3. The second-order valence-corrected chi connectivity index (χ2v) is 9.64. The standard InChI is InChI=1S/C24H35N3O2/c1-24(2)20-10-11-21(24)23(29)27(22(20)28)13-7-6-12-25-14-16-26(17-15-25)18-19-8-4-3-5-9-19/h3-5,8-9,20-21H,6-7,10-18H2,1-2H3/t20-,21-/m0/s1. The predicted octanol–water partition coefficient (Wildman–Crippen LogP) is 3.01. The van der Waals surface area contributed by atoms with Crippen molar-refractivity contribution in [1.29, 1.82) is 0 Å². The smallest absolute Gasteiger partial charge is 0.232 e. The molecule has 5 heteroatoms. The second kappa shape index (κ2) is 8.57. The molecule has 2 amide bonds. The molecule has 0 radical (unpaired) electrons. The van der Waals surface area contributed by atoms with Gasteiger partial charge in [0.2, 0.25) is 11.8 Å². The van der Waals surface area contributed by atoms with Crippen molar-refractivity contribution in [3.8, 4) is 0 Å². The van der Waals surface area contributed by atoms with E-state index in [0.29, 0.717) is 6.54 Å². The maximum absolute atomic E-state index is 12.8. The van der Waals surface area contributed by atoms with Gasteiger partial charge in [0.15, 0.2) is 0 Å². The Morgan fingerprint density at radius 2 is 1.38 bits per heavy atom. The molecule has 2 bridgehead atoms. The van der Waals surface area contributed by atoms with Gasteiger partial charge in [0.1, 0.15) is 0 Å². The van der Waals surface area contributed by atoms with E-state index in [4.69, 9.17) is 0 Å². The molecule has 3 aliphatic rings. The van der Waals surface area contributed by atoms with Crippen LogP contribution in [0, 0.1) is 17.3 Å². The van der Waals surface area contributed by atoms with Gasteiger partial charge in [-0.2, -0.15) is 0 Å². The van der Waals surface area contributed by atoms with Gasteiger partial charge in [0.25, 0.3) is 0 Å². The molecule has 1 aliphatic carbocycles. The van der Waals surface area contributed by atoms with E-state index in [9.17, 15) is 9.59 Å². The highest BCUT2D eigenvalue weighted by Crippen LogP contribution is 2.52. The number of rotatable bonds is 7. The van der Waals surface area contributed by atoms with Crippen LogP contribution in [0.25, 0.3) is 0 Å². The minimum atomic E-state index is -0.149. The second-order valence-electron chi connectivity index (χ2n) is 9.64. The van der Waals surface area contributed by atoms with Gasteiger partial charge in [-0.1, -0.05) is 44.2 Å². The van der Waals surface area contributed by atoms with Crippen LogP contribution in [0.4, 0.5) is 0 Å². The molecule has 2 heterocycles. The van der Waals surface area contributed by atoms with Crippen LogP contribution in [0.1, 0.15) is 45.1 Å². The number of likely N-dealkylation sites (tertiary alicyclic amines) is 1. The Labute approximate surface area is 175 Å². The Morgan fingerprint density at radius 1 is 0.828 bits per heavy atom. The van der Waals surface area contributed by atoms with E-state index >= 15 is 0 Å². The first-order valence-corrected chi connectivity index (χ1v) is 11.3. The number of piperidine rings is 1. The van der Waals surface area contributed by atoms with Crippen LogP contribution >= 0.6 is 0 Å². The summed E-state index contributed by atoms with van der Waals surface area (Å²) < 4.78 is 0. The maximum atomic E-state index is 12.8. The molecule has 5 nitrogen and oxygen atoms in total. The number of hydrogen-bond acceptors (Lipinski definition) is 4. The molecule has 4 rings (SSSR count). The number of fused-ring (bicyclic) bond motifs is 2. The van der Waals surface area contributed by atoms with E-state index in [1.54, 1.807) is 4.90 Å². The van der Waals surface area contributed by atoms with Crippen molar-refractivity contribution in [1.82, 2.24) is 14.7 Å². The molecule has 0 unspecified atom stereocenters. The number of carbonyl (C=O) groups is 2. The molecule has 0 aromatic heterocycles. The first-order chi connectivity index (χ1) is 14.0. The number of amides is 2. The Bertz CT molecular complexity index is 699. The summed E-state index contributed by atoms with van der Waals surface area (Å²) in [6, 6.07) is 10.7. The summed E-state index contributed by atoms with van der Waals surface area (Å²) in [6.07, 6.45) is 3.73. The minimum absolute atomic E-state index is 0.0443. The highest BCUT2D eigenvalue weighted by Gasteiger charge is 2.56. The zero-order valence-electron chi connectivity index (χ0n) is 18.0. The fraction of sp³-hybridized carbons (Fsp3) is 0.667. The normalized spacial score (nSPS) is 27.6. The van der Waals surface area contributed by atoms with E-state index in [2.05, 4.69) is 54.0 Å². The monoisotopic (exact) mass is 397 g/mol. The molecule has 1 aromatic carbocycles. The van der Waals surface area contributed by atoms with Gasteiger partial charge in [0, 0.05) is 51.1 Å². The lowest BCUT2D eigenvalue weighted by molar-refractivity contribution is -0.160. The molecule has 1 aromatic rings. The van der Waals surface area contributed by atoms with E-state index < -0.39 is 0 Å². The van der Waals surface area contributed by atoms with Crippen LogP contribution in [0.3, 0.4) is 0 Å². The number of hydrogen-bond donors (Lipinski definition) is 0. The first kappa shape index (κ1) is 20.5. The van der Waals surface area contributed by atoms with Crippen LogP contribution in [0.2, 0.25) is 0 Å². The lowest BCUT2D eigenvalue weighted by atomic mass is 9.71. The summed E-state index contributed by atoms with van der Waals surface area (Å²) in [5.74, 6) is 0.261. The van der Waals surface area contributed by atoms with Crippen LogP contribution in [-0.4, -0.2) is 65.8 Å². The zero-order chi connectivity index (χ0) is 20.4. The summed E-state index contributed by atoms with van der Waals surface area (Å²) in [5.41, 5.74) is 1.23. The number of imide groups is 1. The highest BCUT2D eigenvalue weighted by molar-refractivity contribution is 6.01. The number of benzene rings is 1. The Hall–Kier alpha value is -1.72. The maximum Gasteiger partial charge on any atom is 0.232 e. The third-order valence-electron chi connectivity index (χ3n) is 7.49. The molecule has 3 fully saturated rings. The Morgan fingerprint density at radius 3 is 2.00 bits per heavy atom. The van der Waals surface area contributed by atoms with Crippen molar-refractivity contribution in [2.24, 2.45) is 17.3 Å². The number of piperazine rings is 1. The number of nitrogens with zero attached hydrogens (tertiary/aromatic N) is 3. The van der Waals surface area contributed by atoms with Gasteiger partial charge < -0.3 is 4.90 Å². The van der Waals surface area contributed by atoms with Crippen molar-refractivity contribution in [2.75, 3.05) is 39.3 Å². The highest BCUT2D eigenvalue weighted by atomic mass is 16.2. The molecule has 1 saturated carbocycles. The molecular weight excluding hydrogens is 362 g/mol. The molecule has 2 aliphatic heterocycles. The van der Waals surface area contributed by atoms with E-state index in [1.807, 2.05) is 0 Å². The average Bonchev–Trinajstić information content (AvgIpc) is 2.96. The molecular formula is C24H35N3O2. The van der Waals surface area contributed by atoms with Crippen molar-refractivity contribution in [3.05, 3.63) is 35.9 Å². The van der Waals surface area contributed by atoms with E-state index in [-0.39, 0.29) is 29.1 Å². The molecule has 2 saturated heterocycles. The van der Waals surface area contributed by atoms with Gasteiger partial charge in [-0.25, -0.2) is 0 Å². The predicted molar refractivity (Wildman–Crippen MR) is 114 cm³/mol. The van der Waals surface area contributed by atoms with E-state index in [0.717, 1.165) is 65.0 Å². The average molecular weight is 398 g/mol. The summed E-state index contributed by atoms with van der Waals surface area (Å²) in [4.78, 5) is 32.2. The minimum Gasteiger partial charge on any atom is -0.301 e. The van der Waals surface area contributed by atoms with Crippen LogP contribution < -0.4 is 0 Å². The van der Waals surface area contributed by atoms with Crippen LogP contribution in [-0.2, 0) is 16.1 Å². The molecule has 29 heavy (non-hydrogen) atoms. The third kappa shape index (κ3) is 4.26. The molecule has 0 N–H and O–H groups in total. The fourth-order valence-corrected chi connectivity index (χ4v) is 5.53. The largest absolute Gasteiger partial charge is 0.301 e. The molecule has 0 spiro atoms. The topological polar surface area (TPSA) is 43.9 Å². The van der Waals surface area contributed by atoms with Gasteiger partial charge in [-0.05, 0) is 43.2 Å². The van der Waals surface area contributed by atoms with Crippen molar-refractivity contribution >= 4 is 11.8 Å². The summed E-state index contributed by atoms with van der Waals surface area (Å²) >= 11 is 0. The quantitative estimate of drug-likeness (QED) is 0.524. The van der Waals surface area contributed by atoms with Gasteiger partial charge in [-0.3, -0.25) is 19.4 Å². The van der Waals surface area contributed by atoms with Gasteiger partial charge in [-0.15, -0.1) is 0 Å². The summed E-state index contributed by atoms with van der Waals surface area (Å²) in [5, 5.41) is 0. The fourth-order valence-electron chi connectivity index (χ4n) is 5.53. The van der Waals surface area contributed by atoms with Crippen molar-refractivity contribution in [3.63, 3.8) is 0 Å². The Balaban J connectivity index is 1.16.